The Balaban J connectivity index is 1.73. The van der Waals surface area contributed by atoms with Crippen molar-refractivity contribution in [2.24, 2.45) is 0 Å². The topological polar surface area (TPSA) is 38.1 Å². The predicted octanol–water partition coefficient (Wildman–Crippen LogP) is 4.89. The van der Waals surface area contributed by atoms with Gasteiger partial charge in [-0.3, -0.25) is 4.79 Å². The van der Waals surface area contributed by atoms with E-state index in [9.17, 15) is 4.79 Å². The van der Waals surface area contributed by atoms with Gasteiger partial charge in [-0.15, -0.1) is 0 Å². The number of rotatable bonds is 4. The molecule has 140 valence electrons. The molecule has 4 nitrogen and oxygen atoms in total. The minimum absolute atomic E-state index is 0.136. The van der Waals surface area contributed by atoms with Crippen LogP contribution in [0.5, 0.6) is 0 Å². The van der Waals surface area contributed by atoms with Crippen LogP contribution < -0.4 is 4.90 Å². The van der Waals surface area contributed by atoms with Gasteiger partial charge in [0.15, 0.2) is 0 Å². The summed E-state index contributed by atoms with van der Waals surface area (Å²) in [6.07, 6.45) is 1.58. The molecule has 1 fully saturated rings. The zero-order chi connectivity index (χ0) is 19.1. The molecule has 1 atom stereocenters. The normalized spacial score (nSPS) is 17.3. The zero-order valence-corrected chi connectivity index (χ0v) is 16.6. The molecule has 1 aromatic heterocycles. The molecule has 1 saturated heterocycles. The van der Waals surface area contributed by atoms with E-state index >= 15 is 0 Å². The molecule has 1 amide bonds. The molecule has 0 aliphatic carbocycles. The predicted molar refractivity (Wildman–Crippen MR) is 110 cm³/mol. The van der Waals surface area contributed by atoms with Gasteiger partial charge in [0, 0.05) is 31.1 Å². The van der Waals surface area contributed by atoms with Crippen molar-refractivity contribution in [3.05, 3.63) is 58.9 Å². The summed E-state index contributed by atoms with van der Waals surface area (Å²) in [5, 5.41) is 0. The van der Waals surface area contributed by atoms with Crippen LogP contribution in [0, 0.1) is 20.8 Å². The van der Waals surface area contributed by atoms with Gasteiger partial charge in [0.2, 0.25) is 5.91 Å². The molecule has 3 aromatic rings. The maximum atomic E-state index is 12.9. The highest BCUT2D eigenvalue weighted by Crippen LogP contribution is 2.36. The summed E-state index contributed by atoms with van der Waals surface area (Å²) in [4.78, 5) is 19.8. The molecular weight excluding hydrogens is 334 g/mol. The van der Waals surface area contributed by atoms with Crippen LogP contribution in [0.25, 0.3) is 11.0 Å². The van der Waals surface area contributed by atoms with Crippen molar-refractivity contribution in [3.8, 4) is 0 Å². The SMILES string of the molecule is CCCn1c(C2CC(=O)N(c3c(C)cc(C)cc3C)C2)nc2ccccc21. The van der Waals surface area contributed by atoms with Crippen molar-refractivity contribution in [1.29, 1.82) is 0 Å². The number of amides is 1. The van der Waals surface area contributed by atoms with Gasteiger partial charge in [0.1, 0.15) is 5.82 Å². The highest BCUT2D eigenvalue weighted by Gasteiger charge is 2.35. The fourth-order valence-corrected chi connectivity index (χ4v) is 4.56. The number of imidazole rings is 1. The van der Waals surface area contributed by atoms with Crippen LogP contribution in [0.4, 0.5) is 5.69 Å². The number of hydrogen-bond donors (Lipinski definition) is 0. The van der Waals surface area contributed by atoms with Crippen molar-refractivity contribution < 1.29 is 4.79 Å². The Morgan fingerprint density at radius 2 is 1.81 bits per heavy atom. The number of carbonyl (C=O) groups is 1. The molecule has 1 aliphatic rings. The average Bonchev–Trinajstić information content (AvgIpc) is 3.16. The van der Waals surface area contributed by atoms with Crippen LogP contribution in [0.1, 0.15) is 48.2 Å². The Labute approximate surface area is 160 Å². The first-order valence-electron chi connectivity index (χ1n) is 9.83. The molecule has 4 rings (SSSR count). The lowest BCUT2D eigenvalue weighted by Crippen LogP contribution is -2.26. The summed E-state index contributed by atoms with van der Waals surface area (Å²) in [5.74, 6) is 1.39. The highest BCUT2D eigenvalue weighted by molar-refractivity contribution is 5.98. The van der Waals surface area contributed by atoms with Crippen molar-refractivity contribution in [2.45, 2.75) is 53.0 Å². The molecule has 0 saturated carbocycles. The van der Waals surface area contributed by atoms with E-state index in [0.717, 1.165) is 30.0 Å². The van der Waals surface area contributed by atoms with Gasteiger partial charge in [0.05, 0.1) is 11.0 Å². The van der Waals surface area contributed by atoms with Gasteiger partial charge in [-0.05, 0) is 50.5 Å². The van der Waals surface area contributed by atoms with E-state index < -0.39 is 0 Å². The van der Waals surface area contributed by atoms with Gasteiger partial charge < -0.3 is 9.47 Å². The standard InChI is InChI=1S/C23H27N3O/c1-5-10-25-20-9-7-6-8-19(20)24-23(25)18-13-21(27)26(14-18)22-16(3)11-15(2)12-17(22)4/h6-9,11-12,18H,5,10,13-14H2,1-4H3. The second kappa shape index (κ2) is 6.84. The summed E-state index contributed by atoms with van der Waals surface area (Å²) in [5.41, 5.74) is 6.84. The molecule has 4 heteroatoms. The van der Waals surface area contributed by atoms with Crippen LogP contribution in [-0.4, -0.2) is 22.0 Å². The summed E-state index contributed by atoms with van der Waals surface area (Å²) < 4.78 is 2.31. The molecule has 27 heavy (non-hydrogen) atoms. The Kier molecular flexibility index (Phi) is 4.50. The maximum Gasteiger partial charge on any atom is 0.227 e. The quantitative estimate of drug-likeness (QED) is 0.663. The molecular formula is C23H27N3O. The molecule has 2 aromatic carbocycles. The minimum Gasteiger partial charge on any atom is -0.328 e. The third-order valence-corrected chi connectivity index (χ3v) is 5.53. The number of para-hydroxylation sites is 2. The first-order valence-corrected chi connectivity index (χ1v) is 9.83. The minimum atomic E-state index is 0.136. The van der Waals surface area contributed by atoms with Gasteiger partial charge >= 0.3 is 0 Å². The van der Waals surface area contributed by atoms with Crippen molar-refractivity contribution >= 4 is 22.6 Å². The lowest BCUT2D eigenvalue weighted by Gasteiger charge is -2.22. The molecule has 1 unspecified atom stereocenters. The Hall–Kier alpha value is -2.62. The Bertz CT molecular complexity index is 995. The van der Waals surface area contributed by atoms with E-state index in [1.807, 2.05) is 11.0 Å². The largest absolute Gasteiger partial charge is 0.328 e. The van der Waals surface area contributed by atoms with E-state index in [1.54, 1.807) is 0 Å². The molecule has 0 radical (unpaired) electrons. The lowest BCUT2D eigenvalue weighted by atomic mass is 10.0. The first-order chi connectivity index (χ1) is 13.0. The highest BCUT2D eigenvalue weighted by atomic mass is 16.2. The van der Waals surface area contributed by atoms with Gasteiger partial charge in [0.25, 0.3) is 0 Å². The van der Waals surface area contributed by atoms with Crippen LogP contribution in [0.3, 0.4) is 0 Å². The van der Waals surface area contributed by atoms with Crippen molar-refractivity contribution in [2.75, 3.05) is 11.4 Å². The number of fused-ring (bicyclic) bond motifs is 1. The third-order valence-electron chi connectivity index (χ3n) is 5.53. The number of carbonyl (C=O) groups excluding carboxylic acids is 1. The fourth-order valence-electron chi connectivity index (χ4n) is 4.56. The van der Waals surface area contributed by atoms with E-state index in [1.165, 1.54) is 22.2 Å². The molecule has 1 aliphatic heterocycles. The van der Waals surface area contributed by atoms with Crippen LogP contribution in [-0.2, 0) is 11.3 Å². The first kappa shape index (κ1) is 17.8. The van der Waals surface area contributed by atoms with Gasteiger partial charge in [-0.1, -0.05) is 36.8 Å². The number of nitrogens with zero attached hydrogens (tertiary/aromatic N) is 3. The number of aromatic nitrogens is 2. The third kappa shape index (κ3) is 3.03. The van der Waals surface area contributed by atoms with E-state index in [-0.39, 0.29) is 11.8 Å². The molecule has 0 spiro atoms. The maximum absolute atomic E-state index is 12.9. The summed E-state index contributed by atoms with van der Waals surface area (Å²) in [6, 6.07) is 12.6. The van der Waals surface area contributed by atoms with Crippen molar-refractivity contribution in [3.63, 3.8) is 0 Å². The van der Waals surface area contributed by atoms with Crippen LogP contribution >= 0.6 is 0 Å². The second-order valence-corrected chi connectivity index (χ2v) is 7.76. The van der Waals surface area contributed by atoms with E-state index in [4.69, 9.17) is 4.98 Å². The zero-order valence-electron chi connectivity index (χ0n) is 16.6. The number of aryl methyl sites for hydroxylation is 4. The second-order valence-electron chi connectivity index (χ2n) is 7.76. The Morgan fingerprint density at radius 1 is 1.11 bits per heavy atom. The van der Waals surface area contributed by atoms with E-state index in [0.29, 0.717) is 13.0 Å². The summed E-state index contributed by atoms with van der Waals surface area (Å²) >= 11 is 0. The average molecular weight is 361 g/mol. The number of anilines is 1. The van der Waals surface area contributed by atoms with Crippen LogP contribution in [0.15, 0.2) is 36.4 Å². The Morgan fingerprint density at radius 3 is 2.52 bits per heavy atom. The lowest BCUT2D eigenvalue weighted by molar-refractivity contribution is -0.117. The molecule has 0 bridgehead atoms. The van der Waals surface area contributed by atoms with Gasteiger partial charge in [-0.2, -0.15) is 0 Å². The summed E-state index contributed by atoms with van der Waals surface area (Å²) in [7, 11) is 0. The molecule has 2 heterocycles. The van der Waals surface area contributed by atoms with E-state index in [2.05, 4.69) is 62.6 Å². The number of hydrogen-bond acceptors (Lipinski definition) is 2. The van der Waals surface area contributed by atoms with Gasteiger partial charge in [-0.25, -0.2) is 4.98 Å². The number of benzene rings is 2. The van der Waals surface area contributed by atoms with Crippen molar-refractivity contribution in [1.82, 2.24) is 9.55 Å². The smallest absolute Gasteiger partial charge is 0.227 e. The molecule has 0 N–H and O–H groups in total. The fraction of sp³-hybridized carbons (Fsp3) is 0.391. The van der Waals surface area contributed by atoms with Crippen LogP contribution in [0.2, 0.25) is 0 Å². The summed E-state index contributed by atoms with van der Waals surface area (Å²) in [6.45, 7) is 10.1. The monoisotopic (exact) mass is 361 g/mol.